The molecule has 0 fully saturated rings. The molecule has 0 rings (SSSR count). The minimum atomic E-state index is -1.50. The molecule has 0 aliphatic rings. The molecule has 4 heteroatoms. The molecule has 0 aliphatic carbocycles. The highest BCUT2D eigenvalue weighted by Crippen LogP contribution is 2.30. The van der Waals surface area contributed by atoms with Gasteiger partial charge in [-0.2, -0.15) is 0 Å². The van der Waals surface area contributed by atoms with Crippen molar-refractivity contribution in [1.29, 1.82) is 0 Å². The van der Waals surface area contributed by atoms with E-state index in [0.29, 0.717) is 6.61 Å². The van der Waals surface area contributed by atoms with E-state index in [0.717, 1.165) is 23.3 Å². The standard InChI is InChI=1S/C13H26O3Si/c1-7-15-13(14)16-11(5)12(6)17(8-2,9-3)10-4/h11H,6-10H2,1-5H3. The van der Waals surface area contributed by atoms with E-state index in [-0.39, 0.29) is 6.10 Å². The van der Waals surface area contributed by atoms with Gasteiger partial charge < -0.3 is 9.47 Å². The van der Waals surface area contributed by atoms with Crippen LogP contribution in [0.5, 0.6) is 0 Å². The SMILES string of the molecule is C=C(C(C)OC(=O)OCC)[Si](CC)(CC)CC. The summed E-state index contributed by atoms with van der Waals surface area (Å²) in [5.74, 6) is 0. The van der Waals surface area contributed by atoms with Crippen LogP contribution < -0.4 is 0 Å². The monoisotopic (exact) mass is 258 g/mol. The van der Waals surface area contributed by atoms with Crippen LogP contribution in [-0.2, 0) is 9.47 Å². The molecule has 0 saturated carbocycles. The van der Waals surface area contributed by atoms with Crippen molar-refractivity contribution < 1.29 is 14.3 Å². The van der Waals surface area contributed by atoms with Crippen molar-refractivity contribution in [1.82, 2.24) is 0 Å². The third-order valence-electron chi connectivity index (χ3n) is 3.74. The second kappa shape index (κ2) is 7.53. The third-order valence-corrected chi connectivity index (χ3v) is 9.57. The number of hydrogen-bond donors (Lipinski definition) is 0. The zero-order chi connectivity index (χ0) is 13.5. The molecular weight excluding hydrogens is 232 g/mol. The lowest BCUT2D eigenvalue weighted by atomic mass is 10.4. The Bertz CT molecular complexity index is 251. The summed E-state index contributed by atoms with van der Waals surface area (Å²) < 4.78 is 10.0. The Morgan fingerprint density at radius 2 is 1.65 bits per heavy atom. The van der Waals surface area contributed by atoms with Gasteiger partial charge in [0.2, 0.25) is 0 Å². The second-order valence-electron chi connectivity index (χ2n) is 4.31. The molecule has 0 aromatic carbocycles. The number of carbonyl (C=O) groups excluding carboxylic acids is 1. The van der Waals surface area contributed by atoms with Crippen molar-refractivity contribution in [3.05, 3.63) is 11.8 Å². The van der Waals surface area contributed by atoms with Crippen LogP contribution in [0.15, 0.2) is 11.8 Å². The van der Waals surface area contributed by atoms with Crippen molar-refractivity contribution >= 4 is 14.2 Å². The Morgan fingerprint density at radius 3 is 2.00 bits per heavy atom. The first-order valence-electron chi connectivity index (χ1n) is 6.50. The third kappa shape index (κ3) is 4.19. The first kappa shape index (κ1) is 16.2. The lowest BCUT2D eigenvalue weighted by molar-refractivity contribution is 0.0439. The van der Waals surface area contributed by atoms with E-state index >= 15 is 0 Å². The molecule has 1 unspecified atom stereocenters. The van der Waals surface area contributed by atoms with Gasteiger partial charge >= 0.3 is 6.16 Å². The highest BCUT2D eigenvalue weighted by atomic mass is 28.3. The minimum Gasteiger partial charge on any atom is -0.435 e. The molecule has 0 aromatic heterocycles. The summed E-state index contributed by atoms with van der Waals surface area (Å²) >= 11 is 0. The van der Waals surface area contributed by atoms with Gasteiger partial charge in [-0.15, -0.1) is 6.58 Å². The van der Waals surface area contributed by atoms with Crippen LogP contribution in [0.4, 0.5) is 4.79 Å². The van der Waals surface area contributed by atoms with E-state index in [1.165, 1.54) is 0 Å². The van der Waals surface area contributed by atoms with Gasteiger partial charge in [0.05, 0.1) is 14.7 Å². The van der Waals surface area contributed by atoms with Crippen LogP contribution in [0.2, 0.25) is 18.1 Å². The first-order valence-corrected chi connectivity index (χ1v) is 9.12. The average molecular weight is 258 g/mol. The van der Waals surface area contributed by atoms with Gasteiger partial charge in [-0.3, -0.25) is 0 Å². The van der Waals surface area contributed by atoms with Gasteiger partial charge in [-0.1, -0.05) is 38.9 Å². The zero-order valence-corrected chi connectivity index (χ0v) is 12.8. The van der Waals surface area contributed by atoms with Crippen LogP contribution in [0.1, 0.15) is 34.6 Å². The van der Waals surface area contributed by atoms with E-state index in [4.69, 9.17) is 9.47 Å². The summed E-state index contributed by atoms with van der Waals surface area (Å²) in [6.45, 7) is 14.8. The van der Waals surface area contributed by atoms with Crippen LogP contribution in [-0.4, -0.2) is 26.9 Å². The van der Waals surface area contributed by atoms with Crippen LogP contribution in [0, 0.1) is 0 Å². The summed E-state index contributed by atoms with van der Waals surface area (Å²) in [4.78, 5) is 11.3. The maximum Gasteiger partial charge on any atom is 0.508 e. The average Bonchev–Trinajstić information content (AvgIpc) is 2.32. The number of hydrogen-bond acceptors (Lipinski definition) is 3. The fourth-order valence-corrected chi connectivity index (χ4v) is 6.01. The van der Waals surface area contributed by atoms with Crippen molar-refractivity contribution in [2.45, 2.75) is 58.9 Å². The molecule has 0 amide bonds. The summed E-state index contributed by atoms with van der Waals surface area (Å²) in [6, 6.07) is 3.44. The Hall–Kier alpha value is -0.773. The number of ether oxygens (including phenoxy) is 2. The zero-order valence-electron chi connectivity index (χ0n) is 11.8. The molecule has 100 valence electrons. The lowest BCUT2D eigenvalue weighted by Crippen LogP contribution is -2.40. The van der Waals surface area contributed by atoms with Gasteiger partial charge in [0, 0.05) is 0 Å². The fourth-order valence-electron chi connectivity index (χ4n) is 2.23. The quantitative estimate of drug-likeness (QED) is 0.508. The predicted octanol–water partition coefficient (Wildman–Crippen LogP) is 4.15. The largest absolute Gasteiger partial charge is 0.508 e. The van der Waals surface area contributed by atoms with Crippen molar-refractivity contribution in [3.63, 3.8) is 0 Å². The van der Waals surface area contributed by atoms with Crippen molar-refractivity contribution in [3.8, 4) is 0 Å². The normalized spacial score (nSPS) is 13.0. The maximum atomic E-state index is 11.3. The molecule has 17 heavy (non-hydrogen) atoms. The van der Waals surface area contributed by atoms with E-state index in [2.05, 4.69) is 27.4 Å². The molecule has 0 bridgehead atoms. The lowest BCUT2D eigenvalue weighted by Gasteiger charge is -2.33. The van der Waals surface area contributed by atoms with Crippen molar-refractivity contribution in [2.75, 3.05) is 6.61 Å². The van der Waals surface area contributed by atoms with E-state index in [1.807, 2.05) is 6.92 Å². The molecule has 1 atom stereocenters. The molecule has 3 nitrogen and oxygen atoms in total. The molecule has 0 aliphatic heterocycles. The Morgan fingerprint density at radius 1 is 1.18 bits per heavy atom. The summed E-state index contributed by atoms with van der Waals surface area (Å²) in [5, 5.41) is 1.12. The Labute approximate surface area is 106 Å². The Balaban J connectivity index is 4.61. The van der Waals surface area contributed by atoms with Gasteiger partial charge in [0.25, 0.3) is 0 Å². The minimum absolute atomic E-state index is 0.236. The smallest absolute Gasteiger partial charge is 0.435 e. The van der Waals surface area contributed by atoms with Crippen LogP contribution in [0.25, 0.3) is 0 Å². The predicted molar refractivity (Wildman–Crippen MR) is 73.9 cm³/mol. The molecular formula is C13H26O3Si. The molecule has 0 N–H and O–H groups in total. The molecule has 0 aromatic rings. The van der Waals surface area contributed by atoms with Gasteiger partial charge in [-0.05, 0) is 19.0 Å². The van der Waals surface area contributed by atoms with E-state index in [1.54, 1.807) is 6.92 Å². The van der Waals surface area contributed by atoms with Gasteiger partial charge in [0.15, 0.2) is 0 Å². The molecule has 0 heterocycles. The highest BCUT2D eigenvalue weighted by Gasteiger charge is 2.34. The highest BCUT2D eigenvalue weighted by molar-refractivity contribution is 6.86. The van der Waals surface area contributed by atoms with Crippen molar-refractivity contribution in [2.24, 2.45) is 0 Å². The maximum absolute atomic E-state index is 11.3. The van der Waals surface area contributed by atoms with E-state index in [9.17, 15) is 4.79 Å². The van der Waals surface area contributed by atoms with Gasteiger partial charge in [0.1, 0.15) is 6.10 Å². The first-order chi connectivity index (χ1) is 7.97. The molecule has 0 radical (unpaired) electrons. The fraction of sp³-hybridized carbons (Fsp3) is 0.769. The second-order valence-corrected chi connectivity index (χ2v) is 9.63. The number of rotatable bonds is 7. The Kier molecular flexibility index (Phi) is 7.19. The summed E-state index contributed by atoms with van der Waals surface area (Å²) in [7, 11) is -1.50. The van der Waals surface area contributed by atoms with Gasteiger partial charge in [-0.25, -0.2) is 4.79 Å². The molecule has 0 saturated heterocycles. The topological polar surface area (TPSA) is 35.5 Å². The molecule has 0 spiro atoms. The summed E-state index contributed by atoms with van der Waals surface area (Å²) in [6.07, 6.45) is -0.826. The van der Waals surface area contributed by atoms with E-state index < -0.39 is 14.2 Å². The number of carbonyl (C=O) groups is 1. The van der Waals surface area contributed by atoms with Crippen LogP contribution in [0.3, 0.4) is 0 Å². The summed E-state index contributed by atoms with van der Waals surface area (Å²) in [5.41, 5.74) is 0. The van der Waals surface area contributed by atoms with Crippen LogP contribution >= 0.6 is 0 Å².